The zero-order chi connectivity index (χ0) is 12.6. The van der Waals surface area contributed by atoms with E-state index in [2.05, 4.69) is 22.3 Å². The van der Waals surface area contributed by atoms with Crippen LogP contribution in [0.25, 0.3) is 0 Å². The van der Waals surface area contributed by atoms with E-state index in [1.165, 1.54) is 5.56 Å². The third-order valence-corrected chi connectivity index (χ3v) is 4.01. The van der Waals surface area contributed by atoms with Crippen molar-refractivity contribution in [3.8, 4) is 0 Å². The molecule has 0 unspecified atom stereocenters. The van der Waals surface area contributed by atoms with Gasteiger partial charge in [-0.25, -0.2) is 0 Å². The van der Waals surface area contributed by atoms with E-state index in [0.717, 1.165) is 19.5 Å². The van der Waals surface area contributed by atoms with Gasteiger partial charge in [0.2, 0.25) is 5.91 Å². The van der Waals surface area contributed by atoms with Crippen molar-refractivity contribution in [3.63, 3.8) is 0 Å². The molecular weight excluding hydrogens is 228 g/mol. The maximum atomic E-state index is 11.6. The molecule has 2 fully saturated rings. The second-order valence-corrected chi connectivity index (χ2v) is 5.36. The summed E-state index contributed by atoms with van der Waals surface area (Å²) >= 11 is 0. The maximum absolute atomic E-state index is 11.6. The molecule has 4 heteroatoms. The van der Waals surface area contributed by atoms with Crippen molar-refractivity contribution in [1.82, 2.24) is 10.2 Å². The first-order valence-electron chi connectivity index (χ1n) is 6.44. The highest BCUT2D eigenvalue weighted by molar-refractivity contribution is 5.82. The molecule has 2 aliphatic rings. The minimum atomic E-state index is -0.871. The molecule has 2 N–H and O–H groups in total. The highest BCUT2D eigenvalue weighted by Gasteiger charge is 2.50. The van der Waals surface area contributed by atoms with Crippen LogP contribution in [0.4, 0.5) is 0 Å². The van der Waals surface area contributed by atoms with E-state index in [-0.39, 0.29) is 11.8 Å². The van der Waals surface area contributed by atoms with Gasteiger partial charge in [-0.05, 0) is 18.5 Å². The van der Waals surface area contributed by atoms with Crippen LogP contribution in [0, 0.1) is 5.92 Å². The second kappa shape index (κ2) is 4.37. The van der Waals surface area contributed by atoms with Gasteiger partial charge >= 0.3 is 0 Å². The number of nitrogens with one attached hydrogen (secondary N) is 1. The fraction of sp³-hybridized carbons (Fsp3) is 0.500. The average Bonchev–Trinajstić information content (AvgIpc) is 2.66. The lowest BCUT2D eigenvalue weighted by molar-refractivity contribution is -0.129. The quantitative estimate of drug-likeness (QED) is 0.792. The molecule has 3 rings (SSSR count). The Morgan fingerprint density at radius 1 is 1.39 bits per heavy atom. The summed E-state index contributed by atoms with van der Waals surface area (Å²) in [5, 5.41) is 13.3. The third-order valence-electron chi connectivity index (χ3n) is 4.01. The van der Waals surface area contributed by atoms with Crippen LogP contribution in [0.3, 0.4) is 0 Å². The lowest BCUT2D eigenvalue weighted by Gasteiger charge is -2.39. The number of hydrogen-bond acceptors (Lipinski definition) is 3. The topological polar surface area (TPSA) is 52.6 Å². The number of piperidine rings is 1. The predicted molar refractivity (Wildman–Crippen MR) is 67.8 cm³/mol. The van der Waals surface area contributed by atoms with Gasteiger partial charge in [0.05, 0.1) is 5.92 Å². The molecule has 4 nitrogen and oxygen atoms in total. The molecule has 0 aromatic heterocycles. The van der Waals surface area contributed by atoms with Crippen molar-refractivity contribution in [1.29, 1.82) is 0 Å². The van der Waals surface area contributed by atoms with Crippen LogP contribution < -0.4 is 5.32 Å². The Morgan fingerprint density at radius 3 is 2.94 bits per heavy atom. The number of aliphatic hydroxyl groups is 1. The normalized spacial score (nSPS) is 32.1. The summed E-state index contributed by atoms with van der Waals surface area (Å²) in [7, 11) is 0. The van der Waals surface area contributed by atoms with Gasteiger partial charge in [-0.15, -0.1) is 0 Å². The van der Waals surface area contributed by atoms with Gasteiger partial charge in [0.1, 0.15) is 5.60 Å². The van der Waals surface area contributed by atoms with Crippen molar-refractivity contribution in [3.05, 3.63) is 35.9 Å². The van der Waals surface area contributed by atoms with Gasteiger partial charge in [0.15, 0.2) is 0 Å². The largest absolute Gasteiger partial charge is 0.386 e. The Hall–Kier alpha value is -1.39. The number of rotatable bonds is 2. The van der Waals surface area contributed by atoms with E-state index in [1.807, 2.05) is 18.2 Å². The van der Waals surface area contributed by atoms with E-state index in [1.54, 1.807) is 0 Å². The van der Waals surface area contributed by atoms with E-state index in [4.69, 9.17) is 0 Å². The van der Waals surface area contributed by atoms with Gasteiger partial charge in [0.25, 0.3) is 0 Å². The van der Waals surface area contributed by atoms with Gasteiger partial charge in [-0.2, -0.15) is 0 Å². The SMILES string of the molecule is O=C1NC[C@@]2(O)CN(Cc3ccccc3)CC[C@H]12. The Morgan fingerprint density at radius 2 is 2.17 bits per heavy atom. The highest BCUT2D eigenvalue weighted by atomic mass is 16.3. The number of fused-ring (bicyclic) bond motifs is 1. The van der Waals surface area contributed by atoms with Crippen molar-refractivity contribution < 1.29 is 9.90 Å². The second-order valence-electron chi connectivity index (χ2n) is 5.36. The number of β-amino-alcohol motifs (C(OH)–C–C–N with tert-alkyl or cyclic N) is 1. The molecule has 2 atom stereocenters. The van der Waals surface area contributed by atoms with Crippen LogP contribution in [0.15, 0.2) is 30.3 Å². The number of nitrogens with zero attached hydrogens (tertiary/aromatic N) is 1. The van der Waals surface area contributed by atoms with Crippen LogP contribution in [-0.4, -0.2) is 41.1 Å². The molecule has 0 radical (unpaired) electrons. The van der Waals surface area contributed by atoms with Gasteiger partial charge in [-0.3, -0.25) is 9.69 Å². The smallest absolute Gasteiger partial charge is 0.226 e. The molecule has 1 amide bonds. The summed E-state index contributed by atoms with van der Waals surface area (Å²) in [4.78, 5) is 13.8. The van der Waals surface area contributed by atoms with Crippen LogP contribution >= 0.6 is 0 Å². The highest BCUT2D eigenvalue weighted by Crippen LogP contribution is 2.32. The summed E-state index contributed by atoms with van der Waals surface area (Å²) in [6, 6.07) is 10.2. The summed E-state index contributed by atoms with van der Waals surface area (Å²) in [6.45, 7) is 2.67. The van der Waals surface area contributed by atoms with Crippen molar-refractivity contribution in [2.45, 2.75) is 18.6 Å². The molecule has 0 aliphatic carbocycles. The summed E-state index contributed by atoms with van der Waals surface area (Å²) in [6.07, 6.45) is 0.745. The lowest BCUT2D eigenvalue weighted by atomic mass is 9.83. The standard InChI is InChI=1S/C14H18N2O2/c17-13-12-6-7-16(10-14(12,18)9-15-13)8-11-4-2-1-3-5-11/h1-5,12,18H,6-10H2,(H,15,17)/t12-,14-/m1/s1. The van der Waals surface area contributed by atoms with Gasteiger partial charge in [0, 0.05) is 19.6 Å². The average molecular weight is 246 g/mol. The first-order chi connectivity index (χ1) is 8.67. The van der Waals surface area contributed by atoms with Crippen molar-refractivity contribution in [2.24, 2.45) is 5.92 Å². The Kier molecular flexibility index (Phi) is 2.84. The third kappa shape index (κ3) is 2.02. The number of amides is 1. The molecule has 1 aromatic carbocycles. The number of likely N-dealkylation sites (tertiary alicyclic amines) is 1. The zero-order valence-corrected chi connectivity index (χ0v) is 10.3. The first-order valence-corrected chi connectivity index (χ1v) is 6.44. The van der Waals surface area contributed by atoms with Crippen molar-refractivity contribution in [2.75, 3.05) is 19.6 Å². The first kappa shape index (κ1) is 11.7. The minimum Gasteiger partial charge on any atom is -0.386 e. The fourth-order valence-corrected chi connectivity index (χ4v) is 3.05. The van der Waals surface area contributed by atoms with Gasteiger partial charge < -0.3 is 10.4 Å². The molecular formula is C14H18N2O2. The Balaban J connectivity index is 1.69. The number of carbonyl (C=O) groups is 1. The summed E-state index contributed by atoms with van der Waals surface area (Å²) in [5.41, 5.74) is 0.376. The van der Waals surface area contributed by atoms with Crippen LogP contribution in [0.1, 0.15) is 12.0 Å². The van der Waals surface area contributed by atoms with Crippen LogP contribution in [0.2, 0.25) is 0 Å². The fourth-order valence-electron chi connectivity index (χ4n) is 3.05. The summed E-state index contributed by atoms with van der Waals surface area (Å²) in [5.74, 6) is -0.207. The molecule has 2 aliphatic heterocycles. The van der Waals surface area contributed by atoms with Crippen molar-refractivity contribution >= 4 is 5.91 Å². The summed E-state index contributed by atoms with van der Waals surface area (Å²) < 4.78 is 0. The van der Waals surface area contributed by atoms with E-state index < -0.39 is 5.60 Å². The molecule has 2 heterocycles. The maximum Gasteiger partial charge on any atom is 0.226 e. The van der Waals surface area contributed by atoms with Crippen LogP contribution in [-0.2, 0) is 11.3 Å². The Bertz CT molecular complexity index is 448. The number of benzene rings is 1. The number of hydrogen-bond donors (Lipinski definition) is 2. The van der Waals surface area contributed by atoms with Crippen LogP contribution in [0.5, 0.6) is 0 Å². The zero-order valence-electron chi connectivity index (χ0n) is 10.3. The molecule has 2 saturated heterocycles. The Labute approximate surface area is 107 Å². The monoisotopic (exact) mass is 246 g/mol. The minimum absolute atomic E-state index is 0.0110. The van der Waals surface area contributed by atoms with E-state index in [0.29, 0.717) is 13.1 Å². The molecule has 0 spiro atoms. The molecule has 1 aromatic rings. The van der Waals surface area contributed by atoms with Gasteiger partial charge in [-0.1, -0.05) is 30.3 Å². The lowest BCUT2D eigenvalue weighted by Crippen LogP contribution is -2.53. The number of carbonyl (C=O) groups excluding carboxylic acids is 1. The molecule has 96 valence electrons. The molecule has 18 heavy (non-hydrogen) atoms. The van der Waals surface area contributed by atoms with E-state index >= 15 is 0 Å². The molecule has 0 bridgehead atoms. The predicted octanol–water partition coefficient (Wildman–Crippen LogP) is 0.369. The molecule has 0 saturated carbocycles. The van der Waals surface area contributed by atoms with E-state index in [9.17, 15) is 9.90 Å².